The zero-order valence-electron chi connectivity index (χ0n) is 12.0. The summed E-state index contributed by atoms with van der Waals surface area (Å²) in [5.41, 5.74) is 1.44. The molecule has 23 heavy (non-hydrogen) atoms. The molecule has 0 fully saturated rings. The summed E-state index contributed by atoms with van der Waals surface area (Å²) in [7, 11) is -3.83. The largest absolute Gasteiger partial charge is 0.457 e. The molecule has 1 N–H and O–H groups in total. The van der Waals surface area contributed by atoms with Crippen LogP contribution in [0.25, 0.3) is 11.1 Å². The molecule has 0 spiro atoms. The molecule has 1 unspecified atom stereocenters. The van der Waals surface area contributed by atoms with Crippen LogP contribution in [-0.4, -0.2) is 4.89 Å². The molecule has 1 atom stereocenters. The highest BCUT2D eigenvalue weighted by molar-refractivity contribution is 7.62. The van der Waals surface area contributed by atoms with Crippen molar-refractivity contribution < 1.29 is 18.7 Å². The number of hydrogen-bond acceptors (Lipinski definition) is 3. The van der Waals surface area contributed by atoms with Crippen molar-refractivity contribution in [3.8, 4) is 28.4 Å². The molecular weight excluding hydrogens is 311 g/mol. The SMILES string of the molecule is O=P1(O)Oc2ccc(Oc3ccccc3)cc2-c2ccccc21. The summed E-state index contributed by atoms with van der Waals surface area (Å²) in [5, 5.41) is 0.310. The molecule has 4 nitrogen and oxygen atoms in total. The highest BCUT2D eigenvalue weighted by Gasteiger charge is 2.34. The molecule has 0 saturated carbocycles. The molecular formula is C18H13O4P. The van der Waals surface area contributed by atoms with Gasteiger partial charge in [-0.1, -0.05) is 36.4 Å². The van der Waals surface area contributed by atoms with Crippen molar-refractivity contribution in [1.82, 2.24) is 0 Å². The Hall–Kier alpha value is -2.55. The highest BCUT2D eigenvalue weighted by Crippen LogP contribution is 2.52. The van der Waals surface area contributed by atoms with Crippen molar-refractivity contribution in [1.29, 1.82) is 0 Å². The van der Waals surface area contributed by atoms with E-state index in [1.165, 1.54) is 0 Å². The molecule has 3 aromatic carbocycles. The van der Waals surface area contributed by atoms with Crippen molar-refractivity contribution in [3.63, 3.8) is 0 Å². The Bertz CT molecular complexity index is 921. The Balaban J connectivity index is 1.80. The van der Waals surface area contributed by atoms with Crippen LogP contribution in [0, 0.1) is 0 Å². The lowest BCUT2D eigenvalue weighted by atomic mass is 10.0. The van der Waals surface area contributed by atoms with E-state index in [2.05, 4.69) is 0 Å². The highest BCUT2D eigenvalue weighted by atomic mass is 31.2. The van der Waals surface area contributed by atoms with Crippen molar-refractivity contribution in [2.45, 2.75) is 0 Å². The molecule has 1 aliphatic heterocycles. The lowest BCUT2D eigenvalue weighted by Crippen LogP contribution is -2.16. The van der Waals surface area contributed by atoms with Crippen LogP contribution in [0.2, 0.25) is 0 Å². The van der Waals surface area contributed by atoms with Crippen LogP contribution in [0.3, 0.4) is 0 Å². The summed E-state index contributed by atoms with van der Waals surface area (Å²) in [6.07, 6.45) is 0. The zero-order chi connectivity index (χ0) is 15.9. The van der Waals surface area contributed by atoms with E-state index in [0.29, 0.717) is 22.4 Å². The molecule has 1 aliphatic rings. The molecule has 4 rings (SSSR count). The lowest BCUT2D eigenvalue weighted by Gasteiger charge is -2.24. The Kier molecular flexibility index (Phi) is 3.22. The molecule has 0 aliphatic carbocycles. The van der Waals surface area contributed by atoms with Crippen molar-refractivity contribution in [2.24, 2.45) is 0 Å². The molecule has 0 amide bonds. The molecule has 0 radical (unpaired) electrons. The number of benzene rings is 3. The van der Waals surface area contributed by atoms with E-state index in [1.807, 2.05) is 48.5 Å². The van der Waals surface area contributed by atoms with Gasteiger partial charge in [0.25, 0.3) is 0 Å². The van der Waals surface area contributed by atoms with Crippen molar-refractivity contribution in [2.75, 3.05) is 0 Å². The van der Waals surface area contributed by atoms with Crippen LogP contribution in [0.5, 0.6) is 17.2 Å². The minimum Gasteiger partial charge on any atom is -0.457 e. The van der Waals surface area contributed by atoms with Gasteiger partial charge in [-0.3, -0.25) is 0 Å². The van der Waals surface area contributed by atoms with Gasteiger partial charge in [0.2, 0.25) is 0 Å². The normalized spacial score (nSPS) is 18.5. The fourth-order valence-corrected chi connectivity index (χ4v) is 3.92. The maximum absolute atomic E-state index is 12.3. The first-order valence-electron chi connectivity index (χ1n) is 7.13. The molecule has 0 saturated heterocycles. The van der Waals surface area contributed by atoms with Crippen molar-refractivity contribution >= 4 is 12.9 Å². The summed E-state index contributed by atoms with van der Waals surface area (Å²) < 4.78 is 23.4. The van der Waals surface area contributed by atoms with E-state index in [-0.39, 0.29) is 0 Å². The van der Waals surface area contributed by atoms with Gasteiger partial charge in [-0.05, 0) is 36.4 Å². The second kappa shape index (κ2) is 5.27. The first-order valence-corrected chi connectivity index (χ1v) is 8.70. The Morgan fingerprint density at radius 3 is 2.39 bits per heavy atom. The van der Waals surface area contributed by atoms with Crippen molar-refractivity contribution in [3.05, 3.63) is 72.8 Å². The molecule has 1 heterocycles. The third-order valence-electron chi connectivity index (χ3n) is 3.65. The topological polar surface area (TPSA) is 55.8 Å². The average Bonchev–Trinajstić information content (AvgIpc) is 2.56. The van der Waals surface area contributed by atoms with Gasteiger partial charge in [-0.15, -0.1) is 0 Å². The summed E-state index contributed by atoms with van der Waals surface area (Å²) in [4.78, 5) is 10.1. The molecule has 5 heteroatoms. The number of hydrogen-bond donors (Lipinski definition) is 1. The maximum atomic E-state index is 12.3. The van der Waals surface area contributed by atoms with Gasteiger partial charge in [0.15, 0.2) is 0 Å². The predicted molar refractivity (Wildman–Crippen MR) is 88.5 cm³/mol. The fourth-order valence-electron chi connectivity index (χ4n) is 2.62. The molecule has 0 bridgehead atoms. The second-order valence-corrected chi connectivity index (χ2v) is 6.91. The zero-order valence-corrected chi connectivity index (χ0v) is 12.9. The summed E-state index contributed by atoms with van der Waals surface area (Å²) >= 11 is 0. The first kappa shape index (κ1) is 14.1. The van der Waals surface area contributed by atoms with Gasteiger partial charge >= 0.3 is 7.60 Å². The van der Waals surface area contributed by atoms with Gasteiger partial charge in [0.05, 0.1) is 5.30 Å². The number of ether oxygens (including phenoxy) is 1. The fraction of sp³-hybridized carbons (Fsp3) is 0. The molecule has 0 aromatic heterocycles. The first-order chi connectivity index (χ1) is 11.1. The number of fused-ring (bicyclic) bond motifs is 3. The maximum Gasteiger partial charge on any atom is 0.408 e. The van der Waals surface area contributed by atoms with E-state index < -0.39 is 7.60 Å². The molecule has 3 aromatic rings. The summed E-state index contributed by atoms with van der Waals surface area (Å²) in [6.45, 7) is 0. The molecule has 114 valence electrons. The van der Waals surface area contributed by atoms with Crippen LogP contribution >= 0.6 is 7.60 Å². The van der Waals surface area contributed by atoms with E-state index in [1.54, 1.807) is 24.3 Å². The van der Waals surface area contributed by atoms with E-state index >= 15 is 0 Å². The van der Waals surface area contributed by atoms with Gasteiger partial charge < -0.3 is 14.2 Å². The van der Waals surface area contributed by atoms with Gasteiger partial charge in [0, 0.05) is 11.1 Å². The number of rotatable bonds is 2. The summed E-state index contributed by atoms with van der Waals surface area (Å²) in [5.74, 6) is 1.75. The lowest BCUT2D eigenvalue weighted by molar-refractivity contribution is 0.391. The van der Waals surface area contributed by atoms with Crippen LogP contribution in [0.1, 0.15) is 0 Å². The van der Waals surface area contributed by atoms with Crippen LogP contribution in [0.15, 0.2) is 72.8 Å². The van der Waals surface area contributed by atoms with E-state index in [4.69, 9.17) is 9.26 Å². The van der Waals surface area contributed by atoms with Gasteiger partial charge in [-0.25, -0.2) is 4.57 Å². The van der Waals surface area contributed by atoms with E-state index in [0.717, 1.165) is 11.3 Å². The van der Waals surface area contributed by atoms with Crippen LogP contribution in [-0.2, 0) is 4.57 Å². The Morgan fingerprint density at radius 1 is 0.826 bits per heavy atom. The summed E-state index contributed by atoms with van der Waals surface area (Å²) in [6, 6.07) is 21.6. The quantitative estimate of drug-likeness (QED) is 0.712. The predicted octanol–water partition coefficient (Wildman–Crippen LogP) is 4.35. The van der Waals surface area contributed by atoms with E-state index in [9.17, 15) is 9.46 Å². The van der Waals surface area contributed by atoms with Crippen LogP contribution in [0.4, 0.5) is 0 Å². The monoisotopic (exact) mass is 324 g/mol. The minimum absolute atomic E-state index is 0.310. The van der Waals surface area contributed by atoms with Gasteiger partial charge in [0.1, 0.15) is 17.2 Å². The minimum atomic E-state index is -3.83. The Morgan fingerprint density at radius 2 is 1.57 bits per heavy atom. The Labute approximate surface area is 133 Å². The average molecular weight is 324 g/mol. The third kappa shape index (κ3) is 2.52. The number of para-hydroxylation sites is 1. The smallest absolute Gasteiger partial charge is 0.408 e. The third-order valence-corrected chi connectivity index (χ3v) is 5.09. The van der Waals surface area contributed by atoms with Gasteiger partial charge in [-0.2, -0.15) is 0 Å². The standard InChI is InChI=1S/C18H13O4P/c19-23(20)18-9-5-4-8-15(18)16-12-14(10-11-17(16)22-23)21-13-6-2-1-3-7-13/h1-12H,(H,19,20). The van der Waals surface area contributed by atoms with Crippen LogP contribution < -0.4 is 14.6 Å². The second-order valence-electron chi connectivity index (χ2n) is 5.20.